The Hall–Kier alpha value is -4.03. The van der Waals surface area contributed by atoms with Gasteiger partial charge in [0.25, 0.3) is 0 Å². The number of ether oxygens (including phenoxy) is 2. The van der Waals surface area contributed by atoms with E-state index >= 15 is 0 Å². The first-order valence-corrected chi connectivity index (χ1v) is 12.2. The smallest absolute Gasteiger partial charge is 0.341 e. The van der Waals surface area contributed by atoms with E-state index in [1.807, 2.05) is 30.3 Å². The molecule has 1 heterocycles. The van der Waals surface area contributed by atoms with Crippen molar-refractivity contribution >= 4 is 28.1 Å². The van der Waals surface area contributed by atoms with Crippen LogP contribution in [0, 0.1) is 0 Å². The van der Waals surface area contributed by atoms with Crippen LogP contribution < -0.4 is 15.0 Å². The van der Waals surface area contributed by atoms with E-state index in [0.29, 0.717) is 6.54 Å². The molecule has 4 aromatic carbocycles. The van der Waals surface area contributed by atoms with E-state index in [4.69, 9.17) is 9.47 Å². The maximum atomic E-state index is 12.1. The van der Waals surface area contributed by atoms with Gasteiger partial charge < -0.3 is 24.8 Å². The summed E-state index contributed by atoms with van der Waals surface area (Å²) in [5.74, 6) is 0.123. The Labute approximate surface area is 211 Å². The second kappa shape index (κ2) is 10.3. The van der Waals surface area contributed by atoms with Gasteiger partial charge in [-0.25, -0.2) is 4.79 Å². The summed E-state index contributed by atoms with van der Waals surface area (Å²) in [5.41, 5.74) is 3.14. The van der Waals surface area contributed by atoms with Gasteiger partial charge in [0.2, 0.25) is 0 Å². The van der Waals surface area contributed by atoms with Gasteiger partial charge in [-0.15, -0.1) is 0 Å². The van der Waals surface area contributed by atoms with Crippen molar-refractivity contribution in [2.75, 3.05) is 25.1 Å². The van der Waals surface area contributed by atoms with Crippen molar-refractivity contribution in [2.45, 2.75) is 25.5 Å². The largest absolute Gasteiger partial charge is 0.507 e. The first-order chi connectivity index (χ1) is 17.5. The topological polar surface area (TPSA) is 71.0 Å². The molecule has 0 radical (unpaired) electrons. The fraction of sp³-hybridized carbons (Fsp3) is 0.233. The van der Waals surface area contributed by atoms with Crippen LogP contribution in [-0.2, 0) is 4.74 Å². The van der Waals surface area contributed by atoms with Crippen molar-refractivity contribution in [3.05, 3.63) is 96.1 Å². The number of nitrogens with zero attached hydrogens (tertiary/aromatic N) is 1. The molecule has 184 valence electrons. The maximum absolute atomic E-state index is 12.1. The zero-order valence-corrected chi connectivity index (χ0v) is 20.5. The molecule has 2 atom stereocenters. The van der Waals surface area contributed by atoms with Crippen molar-refractivity contribution < 1.29 is 19.4 Å². The van der Waals surface area contributed by atoms with E-state index < -0.39 is 5.97 Å². The number of anilines is 2. The lowest BCUT2D eigenvalue weighted by molar-refractivity contribution is 0.0597. The number of benzene rings is 4. The van der Waals surface area contributed by atoms with Gasteiger partial charge in [-0.1, -0.05) is 54.6 Å². The molecule has 0 aromatic heterocycles. The SMILES string of the molecule is COC(=O)c1cc(N2CC(CCN[C@H](C)c3cccc4ccccc34)Oc3ccccc32)ccc1O. The molecule has 0 bridgehead atoms. The van der Waals surface area contributed by atoms with Crippen molar-refractivity contribution in [2.24, 2.45) is 0 Å². The predicted octanol–water partition coefficient (Wildman–Crippen LogP) is 5.97. The molecule has 1 aliphatic heterocycles. The molecule has 36 heavy (non-hydrogen) atoms. The summed E-state index contributed by atoms with van der Waals surface area (Å²) < 4.78 is 11.2. The van der Waals surface area contributed by atoms with E-state index in [0.717, 1.165) is 30.1 Å². The number of para-hydroxylation sites is 2. The first kappa shape index (κ1) is 23.7. The molecule has 0 amide bonds. The number of aromatic hydroxyl groups is 1. The number of carbonyl (C=O) groups excluding carboxylic acids is 1. The van der Waals surface area contributed by atoms with Crippen LogP contribution >= 0.6 is 0 Å². The minimum atomic E-state index is -0.570. The minimum Gasteiger partial charge on any atom is -0.507 e. The van der Waals surface area contributed by atoms with Crippen LogP contribution in [0.3, 0.4) is 0 Å². The van der Waals surface area contributed by atoms with Crippen molar-refractivity contribution in [3.8, 4) is 11.5 Å². The van der Waals surface area contributed by atoms with Crippen molar-refractivity contribution in [3.63, 3.8) is 0 Å². The van der Waals surface area contributed by atoms with Crippen LogP contribution in [0.15, 0.2) is 84.9 Å². The van der Waals surface area contributed by atoms with E-state index in [2.05, 4.69) is 59.6 Å². The van der Waals surface area contributed by atoms with Gasteiger partial charge in [-0.05, 0) is 66.6 Å². The third-order valence-electron chi connectivity index (χ3n) is 6.74. The second-order valence-corrected chi connectivity index (χ2v) is 9.04. The minimum absolute atomic E-state index is 0.0532. The lowest BCUT2D eigenvalue weighted by atomic mass is 9.99. The Bertz CT molecular complexity index is 1380. The Balaban J connectivity index is 1.32. The van der Waals surface area contributed by atoms with Gasteiger partial charge in [0.15, 0.2) is 0 Å². The molecule has 1 aliphatic rings. The monoisotopic (exact) mass is 482 g/mol. The standard InChI is InChI=1S/C30H30N2O4/c1-20(24-11-7-9-21-8-3-4-10-25(21)24)31-17-16-23-19-32(27-12-5-6-13-29(27)36-23)22-14-15-28(33)26(18-22)30(34)35-2/h3-15,18,20,23,31,33H,16-17,19H2,1-2H3/t20-,23?/m1/s1. The van der Waals surface area contributed by atoms with Crippen LogP contribution in [0.1, 0.15) is 35.3 Å². The summed E-state index contributed by atoms with van der Waals surface area (Å²) in [7, 11) is 1.31. The molecule has 0 saturated carbocycles. The molecule has 4 aromatic rings. The Kier molecular flexibility index (Phi) is 6.78. The summed E-state index contributed by atoms with van der Waals surface area (Å²) in [4.78, 5) is 14.3. The van der Waals surface area contributed by atoms with Gasteiger partial charge in [-0.2, -0.15) is 0 Å². The highest BCUT2D eigenvalue weighted by Crippen LogP contribution is 2.39. The van der Waals surface area contributed by atoms with E-state index in [1.165, 1.54) is 29.5 Å². The molecule has 5 rings (SSSR count). The molecule has 0 spiro atoms. The average molecular weight is 483 g/mol. The Morgan fingerprint density at radius 1 is 1.08 bits per heavy atom. The first-order valence-electron chi connectivity index (χ1n) is 12.2. The van der Waals surface area contributed by atoms with Crippen LogP contribution in [0.25, 0.3) is 10.8 Å². The lowest BCUT2D eigenvalue weighted by Crippen LogP contribution is -2.39. The summed E-state index contributed by atoms with van der Waals surface area (Å²) in [5, 5.41) is 16.3. The number of phenols is 1. The number of nitrogens with one attached hydrogen (secondary N) is 1. The molecule has 0 fully saturated rings. The van der Waals surface area contributed by atoms with Crippen LogP contribution in [0.5, 0.6) is 11.5 Å². The summed E-state index contributed by atoms with van der Waals surface area (Å²) >= 11 is 0. The van der Waals surface area contributed by atoms with E-state index in [9.17, 15) is 9.90 Å². The lowest BCUT2D eigenvalue weighted by Gasteiger charge is -2.36. The van der Waals surface area contributed by atoms with Gasteiger partial charge >= 0.3 is 5.97 Å². The number of carbonyl (C=O) groups is 1. The number of fused-ring (bicyclic) bond motifs is 2. The number of methoxy groups -OCH3 is 1. The van der Waals surface area contributed by atoms with Gasteiger partial charge in [0.1, 0.15) is 23.2 Å². The number of phenolic OH excluding ortho intramolecular Hbond substituents is 1. The zero-order chi connectivity index (χ0) is 25.1. The predicted molar refractivity (Wildman–Crippen MR) is 142 cm³/mol. The molecule has 6 nitrogen and oxygen atoms in total. The summed E-state index contributed by atoms with van der Waals surface area (Å²) in [6.45, 7) is 3.59. The van der Waals surface area contributed by atoms with Gasteiger partial charge in [-0.3, -0.25) is 0 Å². The second-order valence-electron chi connectivity index (χ2n) is 9.04. The quantitative estimate of drug-likeness (QED) is 0.316. The number of esters is 1. The van der Waals surface area contributed by atoms with Crippen LogP contribution in [0.4, 0.5) is 11.4 Å². The molecule has 0 saturated heterocycles. The fourth-order valence-corrected chi connectivity index (χ4v) is 4.86. The van der Waals surface area contributed by atoms with Gasteiger partial charge in [0, 0.05) is 11.7 Å². The highest BCUT2D eigenvalue weighted by atomic mass is 16.5. The number of rotatable bonds is 7. The normalized spacial score (nSPS) is 15.7. The Morgan fingerprint density at radius 2 is 1.86 bits per heavy atom. The molecule has 6 heteroatoms. The summed E-state index contributed by atoms with van der Waals surface area (Å²) in [6, 6.07) is 28.0. The summed E-state index contributed by atoms with van der Waals surface area (Å²) in [6.07, 6.45) is 0.754. The number of hydrogen-bond acceptors (Lipinski definition) is 6. The molecular formula is C30H30N2O4. The van der Waals surface area contributed by atoms with Crippen molar-refractivity contribution in [1.82, 2.24) is 5.32 Å². The zero-order valence-electron chi connectivity index (χ0n) is 20.5. The highest BCUT2D eigenvalue weighted by Gasteiger charge is 2.27. The fourth-order valence-electron chi connectivity index (χ4n) is 4.86. The molecular weight excluding hydrogens is 452 g/mol. The molecule has 2 N–H and O–H groups in total. The van der Waals surface area contributed by atoms with Crippen LogP contribution in [0.2, 0.25) is 0 Å². The van der Waals surface area contributed by atoms with Gasteiger partial charge in [0.05, 0.1) is 19.3 Å². The third-order valence-corrected chi connectivity index (χ3v) is 6.74. The number of hydrogen-bond donors (Lipinski definition) is 2. The van der Waals surface area contributed by atoms with Crippen molar-refractivity contribution in [1.29, 1.82) is 0 Å². The van der Waals surface area contributed by atoms with E-state index in [1.54, 1.807) is 6.07 Å². The highest BCUT2D eigenvalue weighted by molar-refractivity contribution is 5.94. The maximum Gasteiger partial charge on any atom is 0.341 e. The van der Waals surface area contributed by atoms with E-state index in [-0.39, 0.29) is 23.5 Å². The molecule has 0 aliphatic carbocycles. The van der Waals surface area contributed by atoms with Crippen LogP contribution in [-0.4, -0.2) is 37.4 Å². The Morgan fingerprint density at radius 3 is 2.72 bits per heavy atom. The molecule has 1 unspecified atom stereocenters. The average Bonchev–Trinajstić information content (AvgIpc) is 2.92. The third kappa shape index (κ3) is 4.72.